The van der Waals surface area contributed by atoms with Crippen molar-refractivity contribution in [2.45, 2.75) is 26.4 Å². The number of nitro groups is 1. The molecule has 0 aliphatic carbocycles. The monoisotopic (exact) mass is 675 g/mol. The lowest BCUT2D eigenvalue weighted by atomic mass is 10.0. The van der Waals surface area contributed by atoms with Crippen LogP contribution in [0.5, 0.6) is 5.88 Å². The van der Waals surface area contributed by atoms with Crippen molar-refractivity contribution in [3.8, 4) is 16.3 Å². The smallest absolute Gasteiger partial charge is 0.415 e. The number of anilines is 2. The maximum Gasteiger partial charge on any atom is 0.415 e. The number of aromatic nitrogens is 1. The summed E-state index contributed by atoms with van der Waals surface area (Å²) in [6.45, 7) is 0.0746. The van der Waals surface area contributed by atoms with Crippen LogP contribution in [-0.2, 0) is 17.8 Å². The quantitative estimate of drug-likeness (QED) is 0.0902. The summed E-state index contributed by atoms with van der Waals surface area (Å²) in [5.74, 6) is -2.70. The number of nitro benzene ring substituents is 1. The van der Waals surface area contributed by atoms with Crippen molar-refractivity contribution in [3.63, 3.8) is 0 Å². The average Bonchev–Trinajstić information content (AvgIpc) is 3.38. The van der Waals surface area contributed by atoms with E-state index < -0.39 is 53.7 Å². The molecule has 1 N–H and O–H groups in total. The van der Waals surface area contributed by atoms with E-state index in [2.05, 4.69) is 10.3 Å². The van der Waals surface area contributed by atoms with Crippen molar-refractivity contribution in [1.29, 1.82) is 0 Å². The molecule has 0 spiro atoms. The summed E-state index contributed by atoms with van der Waals surface area (Å²) in [6, 6.07) is 11.4. The van der Waals surface area contributed by atoms with Crippen LogP contribution in [0.3, 0.4) is 0 Å². The number of carbonyl (C=O) groups is 2. The van der Waals surface area contributed by atoms with Gasteiger partial charge < -0.3 is 19.7 Å². The number of rotatable bonds is 13. The van der Waals surface area contributed by atoms with E-state index >= 15 is 0 Å². The second-order valence-electron chi connectivity index (χ2n) is 10.2. The van der Waals surface area contributed by atoms with Crippen LogP contribution in [0.1, 0.15) is 28.4 Å². The van der Waals surface area contributed by atoms with Crippen LogP contribution in [0.4, 0.5) is 38.7 Å². The fourth-order valence-electron chi connectivity index (χ4n) is 4.45. The molecule has 0 unspecified atom stereocenters. The lowest BCUT2D eigenvalue weighted by Gasteiger charge is -2.23. The van der Waals surface area contributed by atoms with E-state index in [4.69, 9.17) is 9.47 Å². The highest BCUT2D eigenvalue weighted by atomic mass is 32.1. The summed E-state index contributed by atoms with van der Waals surface area (Å²) in [6.07, 6.45) is -2.52. The van der Waals surface area contributed by atoms with Gasteiger partial charge in [0, 0.05) is 35.2 Å². The maximum absolute atomic E-state index is 14.9. The number of hydrogen-bond acceptors (Lipinski definition) is 9. The minimum Gasteiger partial charge on any atom is -0.472 e. The van der Waals surface area contributed by atoms with Gasteiger partial charge in [0.15, 0.2) is 6.61 Å². The third-order valence-corrected chi connectivity index (χ3v) is 7.80. The number of ether oxygens (including phenoxy) is 2. The van der Waals surface area contributed by atoms with Crippen LogP contribution in [0.25, 0.3) is 10.4 Å². The molecule has 0 saturated carbocycles. The molecule has 2 aromatic heterocycles. The minimum atomic E-state index is -2.71. The third-order valence-electron chi connectivity index (χ3n) is 6.49. The highest BCUT2D eigenvalue weighted by molar-refractivity contribution is 7.20. The zero-order valence-corrected chi connectivity index (χ0v) is 26.2. The summed E-state index contributed by atoms with van der Waals surface area (Å²) in [5.41, 5.74) is 0.353. The highest BCUT2D eigenvalue weighted by Crippen LogP contribution is 2.44. The Kier molecular flexibility index (Phi) is 11.4. The Morgan fingerprint density at radius 1 is 1.02 bits per heavy atom. The molecule has 0 saturated heterocycles. The number of alkyl halides is 2. The Morgan fingerprint density at radius 3 is 2.26 bits per heavy atom. The number of benzene rings is 2. The second-order valence-corrected chi connectivity index (χ2v) is 11.2. The number of amides is 2. The molecule has 4 rings (SSSR count). The molecular formula is C31H29F4N5O6S. The largest absolute Gasteiger partial charge is 0.472 e. The van der Waals surface area contributed by atoms with Crippen molar-refractivity contribution in [1.82, 2.24) is 9.88 Å². The van der Waals surface area contributed by atoms with Gasteiger partial charge in [0.05, 0.1) is 35.5 Å². The number of non-ortho nitro benzene ring substituents is 1. The number of pyridine rings is 1. The van der Waals surface area contributed by atoms with Crippen molar-refractivity contribution in [2.75, 3.05) is 37.5 Å². The SMILES string of the molecule is CCOC(=O)N(Cc1c(F)cccc1F)c1sc(-c2ccc([N+](=O)[O-])cc2)c(CN(C)C)c1C(=O)Nc1ccc(OCC(F)F)nc1. The van der Waals surface area contributed by atoms with Gasteiger partial charge in [-0.05, 0) is 62.5 Å². The first-order valence-corrected chi connectivity index (χ1v) is 14.8. The van der Waals surface area contributed by atoms with Crippen LogP contribution in [0.2, 0.25) is 0 Å². The van der Waals surface area contributed by atoms with Crippen LogP contribution in [0, 0.1) is 21.7 Å². The Balaban J connectivity index is 1.89. The molecule has 2 amide bonds. The van der Waals surface area contributed by atoms with Gasteiger partial charge in [-0.15, -0.1) is 11.3 Å². The first-order chi connectivity index (χ1) is 22.4. The normalized spacial score (nSPS) is 11.1. The zero-order valence-electron chi connectivity index (χ0n) is 25.3. The molecule has 0 aliphatic rings. The van der Waals surface area contributed by atoms with E-state index in [1.807, 2.05) is 0 Å². The molecule has 2 aromatic carbocycles. The standard InChI is InChI=1S/C31H29F4N5O6S/c1-4-45-31(42)39(16-21-23(32)6-5-7-24(21)33)30-27(29(41)37-19-10-13-26(36-14-19)46-17-25(34)35)22(15-38(2)3)28(47-30)18-8-11-20(12-9-18)40(43)44/h5-14,25H,4,15-17H2,1-3H3,(H,37,41). The van der Waals surface area contributed by atoms with Gasteiger partial charge in [-0.2, -0.15) is 0 Å². The summed E-state index contributed by atoms with van der Waals surface area (Å²) in [5, 5.41) is 14.0. The molecule has 0 fully saturated rings. The van der Waals surface area contributed by atoms with Gasteiger partial charge in [0.25, 0.3) is 18.0 Å². The summed E-state index contributed by atoms with van der Waals surface area (Å²) >= 11 is 0.956. The molecule has 16 heteroatoms. The molecule has 47 heavy (non-hydrogen) atoms. The minimum absolute atomic E-state index is 0.0151. The lowest BCUT2D eigenvalue weighted by molar-refractivity contribution is -0.384. The Bertz CT molecular complexity index is 1720. The van der Waals surface area contributed by atoms with Crippen LogP contribution in [-0.4, -0.2) is 60.5 Å². The van der Waals surface area contributed by atoms with Gasteiger partial charge in [0.2, 0.25) is 5.88 Å². The summed E-state index contributed by atoms with van der Waals surface area (Å²) in [7, 11) is 3.47. The van der Waals surface area contributed by atoms with Crippen molar-refractivity contribution in [2.24, 2.45) is 0 Å². The fraction of sp³-hybridized carbons (Fsp3) is 0.258. The van der Waals surface area contributed by atoms with Crippen LogP contribution >= 0.6 is 11.3 Å². The van der Waals surface area contributed by atoms with Gasteiger partial charge in [0.1, 0.15) is 16.6 Å². The lowest BCUT2D eigenvalue weighted by Crippen LogP contribution is -2.33. The zero-order chi connectivity index (χ0) is 34.2. The molecule has 11 nitrogen and oxygen atoms in total. The molecule has 0 bridgehead atoms. The van der Waals surface area contributed by atoms with Gasteiger partial charge >= 0.3 is 6.09 Å². The van der Waals surface area contributed by atoms with Crippen LogP contribution < -0.4 is 15.0 Å². The molecule has 0 atom stereocenters. The number of hydrogen-bond donors (Lipinski definition) is 1. The van der Waals surface area contributed by atoms with E-state index in [1.54, 1.807) is 25.9 Å². The predicted octanol–water partition coefficient (Wildman–Crippen LogP) is 7.12. The number of carbonyl (C=O) groups excluding carboxylic acids is 2. The van der Waals surface area contributed by atoms with E-state index in [9.17, 15) is 37.3 Å². The maximum atomic E-state index is 14.9. The van der Waals surface area contributed by atoms with Gasteiger partial charge in [-0.3, -0.25) is 19.8 Å². The molecule has 0 aliphatic heterocycles. The average molecular weight is 676 g/mol. The van der Waals surface area contributed by atoms with E-state index in [0.29, 0.717) is 16.0 Å². The number of thiophene rings is 1. The first kappa shape index (κ1) is 34.8. The van der Waals surface area contributed by atoms with E-state index in [1.165, 1.54) is 48.7 Å². The number of halogens is 4. The van der Waals surface area contributed by atoms with Gasteiger partial charge in [-0.25, -0.2) is 27.3 Å². The highest BCUT2D eigenvalue weighted by Gasteiger charge is 2.33. The Morgan fingerprint density at radius 2 is 1.70 bits per heavy atom. The van der Waals surface area contributed by atoms with Crippen molar-refractivity contribution >= 4 is 39.7 Å². The second kappa shape index (κ2) is 15.5. The number of nitrogens with one attached hydrogen (secondary N) is 1. The molecule has 0 radical (unpaired) electrons. The summed E-state index contributed by atoms with van der Waals surface area (Å²) in [4.78, 5) is 45.3. The van der Waals surface area contributed by atoms with E-state index in [0.717, 1.165) is 28.4 Å². The van der Waals surface area contributed by atoms with Crippen LogP contribution in [0.15, 0.2) is 60.8 Å². The topological polar surface area (TPSA) is 127 Å². The van der Waals surface area contributed by atoms with E-state index in [-0.39, 0.29) is 41.0 Å². The third kappa shape index (κ3) is 8.59. The molecule has 2 heterocycles. The summed E-state index contributed by atoms with van der Waals surface area (Å²) < 4.78 is 64.9. The van der Waals surface area contributed by atoms with Crippen molar-refractivity contribution in [3.05, 3.63) is 99.2 Å². The predicted molar refractivity (Wildman–Crippen MR) is 167 cm³/mol. The fourth-order valence-corrected chi connectivity index (χ4v) is 5.76. The first-order valence-electron chi connectivity index (χ1n) is 14.0. The Hall–Kier alpha value is -5.09. The Labute approximate surface area is 270 Å². The number of nitrogens with zero attached hydrogens (tertiary/aromatic N) is 4. The van der Waals surface area contributed by atoms with Crippen molar-refractivity contribution < 1.29 is 41.5 Å². The molecule has 4 aromatic rings. The molecular weight excluding hydrogens is 646 g/mol. The van der Waals surface area contributed by atoms with Gasteiger partial charge in [-0.1, -0.05) is 6.07 Å². The molecule has 248 valence electrons.